The maximum Gasteiger partial charge on any atom is 0.336 e. The van der Waals surface area contributed by atoms with E-state index in [1.807, 2.05) is 0 Å². The van der Waals surface area contributed by atoms with Gasteiger partial charge in [-0.05, 0) is 115 Å². The normalized spacial score (nSPS) is 12.6. The average molecular weight is 921 g/mol. The lowest BCUT2D eigenvalue weighted by atomic mass is 9.44. The van der Waals surface area contributed by atoms with Crippen LogP contribution in [-0.4, -0.2) is 19.5 Å². The first-order valence-corrected chi connectivity index (χ1v) is 26.5. The van der Waals surface area contributed by atoms with Crippen LogP contribution in [0.1, 0.15) is 0 Å². The molecule has 0 amide bonds. The number of benzene rings is 11. The number of ether oxygens (including phenoxy) is 1. The Kier molecular flexibility index (Phi) is 9.65. The van der Waals surface area contributed by atoms with Gasteiger partial charge in [0.25, 0.3) is 0 Å². The van der Waals surface area contributed by atoms with Gasteiger partial charge in [-0.25, -0.2) is 0 Å². The maximum atomic E-state index is 7.32. The lowest BCUT2D eigenvalue weighted by Crippen LogP contribution is -2.75. The number of hydrogen-bond donors (Lipinski definition) is 0. The van der Waals surface area contributed by atoms with E-state index in [0.717, 1.165) is 45.0 Å². The number of fused-ring (bicyclic) bond motifs is 7. The van der Waals surface area contributed by atoms with Gasteiger partial charge in [-0.2, -0.15) is 0 Å². The van der Waals surface area contributed by atoms with Crippen molar-refractivity contribution in [1.29, 1.82) is 0 Å². The van der Waals surface area contributed by atoms with Crippen molar-refractivity contribution in [1.82, 2.24) is 4.57 Å². The summed E-state index contributed by atoms with van der Waals surface area (Å²) in [6.07, 6.45) is 0. The van der Waals surface area contributed by atoms with Crippen molar-refractivity contribution in [3.05, 3.63) is 273 Å². The van der Waals surface area contributed by atoms with E-state index in [1.165, 1.54) is 70.4 Å². The second-order valence-electron chi connectivity index (χ2n) is 18.7. The van der Waals surface area contributed by atoms with Gasteiger partial charge in [0.05, 0.1) is 11.0 Å². The molecule has 0 aliphatic carbocycles. The van der Waals surface area contributed by atoms with Gasteiger partial charge in [0, 0.05) is 38.9 Å². The number of aromatic nitrogens is 1. The second-order valence-corrected chi connectivity index (χ2v) is 22.5. The summed E-state index contributed by atoms with van der Waals surface area (Å²) < 4.78 is 9.71. The Labute approximate surface area is 415 Å². The first-order chi connectivity index (χ1) is 35.2. The molecule has 0 saturated carbocycles. The van der Waals surface area contributed by atoms with Gasteiger partial charge in [-0.1, -0.05) is 212 Å². The van der Waals surface area contributed by atoms with Crippen LogP contribution in [0.3, 0.4) is 0 Å². The van der Waals surface area contributed by atoms with E-state index in [-0.39, 0.29) is 6.85 Å². The standard InChI is InChI=1S/C66H45BN2OSi/c1-5-23-49(24-6-1)69-62-38-19-15-35-57(62)58-43-48(54-32-16-20-39-65(54)71(51-26-7-2-8-27-51,52-28-9-3-10-29-52)53-30-11-4-12-31-53)45-64-66(58)67(69)59-44-47(40-41-63(59)70-64)46-22-21-25-50(42-46)68-60-36-17-13-33-55(60)56-34-14-18-37-61(56)68/h1-45H. The molecule has 0 radical (unpaired) electrons. The molecule has 5 heteroatoms. The molecule has 2 aliphatic rings. The molecular weight excluding hydrogens is 876 g/mol. The van der Waals surface area contributed by atoms with Crippen molar-refractivity contribution >= 4 is 79.8 Å². The number of hydrogen-bond acceptors (Lipinski definition) is 2. The highest BCUT2D eigenvalue weighted by molar-refractivity contribution is 7.20. The molecule has 1 aromatic heterocycles. The summed E-state index contributed by atoms with van der Waals surface area (Å²) in [4.78, 5) is 2.53. The SMILES string of the molecule is c1ccc(N2B3c4cc(-c5cccc(-n6c7ccccc7c7ccccc76)c5)ccc4Oc4cc(-c5ccccc5[Si](c5ccccc5)(c5ccccc5)c5ccccc5)cc(c43)-c3ccccc32)cc1. The zero-order chi connectivity index (χ0) is 46.9. The van der Waals surface area contributed by atoms with Crippen molar-refractivity contribution in [3.8, 4) is 50.6 Å². The molecular formula is C66H45BN2OSi. The van der Waals surface area contributed by atoms with Crippen molar-refractivity contribution in [2.75, 3.05) is 4.81 Å². The molecule has 2 aliphatic heterocycles. The molecule has 0 atom stereocenters. The molecule has 11 aromatic carbocycles. The van der Waals surface area contributed by atoms with Gasteiger partial charge in [0.15, 0.2) is 8.07 Å². The Bertz CT molecular complexity index is 3840. The zero-order valence-corrected chi connectivity index (χ0v) is 39.9. The number of nitrogens with zero attached hydrogens (tertiary/aromatic N) is 2. The van der Waals surface area contributed by atoms with Crippen molar-refractivity contribution in [2.24, 2.45) is 0 Å². The fourth-order valence-electron chi connectivity index (χ4n) is 12.0. The number of para-hydroxylation sites is 4. The summed E-state index contributed by atoms with van der Waals surface area (Å²) >= 11 is 0. The number of rotatable bonds is 8. The van der Waals surface area contributed by atoms with Crippen LogP contribution in [-0.2, 0) is 0 Å². The van der Waals surface area contributed by atoms with Crippen LogP contribution in [0, 0.1) is 0 Å². The molecule has 12 aromatic rings. The quantitative estimate of drug-likeness (QED) is 0.112. The van der Waals surface area contributed by atoms with E-state index in [0.29, 0.717) is 0 Å². The predicted octanol–water partition coefficient (Wildman–Crippen LogP) is 12.5. The van der Waals surface area contributed by atoms with Crippen LogP contribution in [0.5, 0.6) is 11.5 Å². The third-order valence-electron chi connectivity index (χ3n) is 15.0. The molecule has 14 rings (SSSR count). The monoisotopic (exact) mass is 920 g/mol. The zero-order valence-electron chi connectivity index (χ0n) is 38.9. The molecule has 3 heterocycles. The Morgan fingerprint density at radius 1 is 0.352 bits per heavy atom. The van der Waals surface area contributed by atoms with E-state index in [1.54, 1.807) is 0 Å². The topological polar surface area (TPSA) is 17.4 Å². The molecule has 71 heavy (non-hydrogen) atoms. The van der Waals surface area contributed by atoms with Crippen LogP contribution >= 0.6 is 0 Å². The summed E-state index contributed by atoms with van der Waals surface area (Å²) in [6, 6.07) is 101. The van der Waals surface area contributed by atoms with E-state index < -0.39 is 8.07 Å². The molecule has 0 bridgehead atoms. The van der Waals surface area contributed by atoms with E-state index in [4.69, 9.17) is 4.74 Å². The largest absolute Gasteiger partial charge is 0.458 e. The lowest BCUT2D eigenvalue weighted by molar-refractivity contribution is 0.487. The minimum absolute atomic E-state index is 0.169. The Balaban J connectivity index is 0.978. The van der Waals surface area contributed by atoms with E-state index >= 15 is 0 Å². The van der Waals surface area contributed by atoms with Gasteiger partial charge in [0.1, 0.15) is 11.5 Å². The molecule has 0 unspecified atom stereocenters. The highest BCUT2D eigenvalue weighted by Crippen LogP contribution is 2.46. The molecule has 0 saturated heterocycles. The third kappa shape index (κ3) is 6.44. The van der Waals surface area contributed by atoms with Crippen LogP contribution in [0.25, 0.3) is 60.9 Å². The van der Waals surface area contributed by atoms with Crippen LogP contribution in [0.2, 0.25) is 0 Å². The first kappa shape index (κ1) is 41.1. The van der Waals surface area contributed by atoms with Crippen LogP contribution in [0.4, 0.5) is 11.4 Å². The Hall–Kier alpha value is -8.90. The van der Waals surface area contributed by atoms with Crippen LogP contribution < -0.4 is 41.2 Å². The van der Waals surface area contributed by atoms with Crippen molar-refractivity contribution in [2.45, 2.75) is 0 Å². The molecule has 0 N–H and O–H groups in total. The average Bonchev–Trinajstić information content (AvgIpc) is 3.79. The summed E-state index contributed by atoms with van der Waals surface area (Å²) in [7, 11) is -2.91. The highest BCUT2D eigenvalue weighted by atomic mass is 28.3. The smallest absolute Gasteiger partial charge is 0.336 e. The molecule has 3 nitrogen and oxygen atoms in total. The van der Waals surface area contributed by atoms with E-state index in [2.05, 4.69) is 282 Å². The summed E-state index contributed by atoms with van der Waals surface area (Å²) in [6.45, 7) is -0.169. The molecule has 332 valence electrons. The van der Waals surface area contributed by atoms with Gasteiger partial charge < -0.3 is 14.1 Å². The Morgan fingerprint density at radius 2 is 0.887 bits per heavy atom. The minimum atomic E-state index is -2.91. The predicted molar refractivity (Wildman–Crippen MR) is 301 cm³/mol. The fraction of sp³-hybridized carbons (Fsp3) is 0. The van der Waals surface area contributed by atoms with Crippen LogP contribution in [0.15, 0.2) is 273 Å². The summed E-state index contributed by atoms with van der Waals surface area (Å²) in [5, 5.41) is 7.87. The first-order valence-electron chi connectivity index (χ1n) is 24.5. The molecule has 0 fully saturated rings. The Morgan fingerprint density at radius 3 is 1.55 bits per heavy atom. The number of anilines is 2. The van der Waals surface area contributed by atoms with Gasteiger partial charge >= 0.3 is 6.85 Å². The second kappa shape index (κ2) is 16.7. The lowest BCUT2D eigenvalue weighted by Gasteiger charge is -2.42. The maximum absolute atomic E-state index is 7.32. The minimum Gasteiger partial charge on any atom is -0.458 e. The fourth-order valence-corrected chi connectivity index (χ4v) is 17.0. The van der Waals surface area contributed by atoms with Gasteiger partial charge in [0.2, 0.25) is 0 Å². The van der Waals surface area contributed by atoms with Crippen molar-refractivity contribution < 1.29 is 4.74 Å². The summed E-state index contributed by atoms with van der Waals surface area (Å²) in [5.74, 6) is 1.75. The van der Waals surface area contributed by atoms with Crippen molar-refractivity contribution in [3.63, 3.8) is 0 Å². The summed E-state index contributed by atoms with van der Waals surface area (Å²) in [5.41, 5.74) is 15.1. The van der Waals surface area contributed by atoms with Gasteiger partial charge in [-0.3, -0.25) is 0 Å². The third-order valence-corrected chi connectivity index (χ3v) is 19.8. The van der Waals surface area contributed by atoms with Gasteiger partial charge in [-0.15, -0.1) is 0 Å². The van der Waals surface area contributed by atoms with E-state index in [9.17, 15) is 0 Å². The highest BCUT2D eigenvalue weighted by Gasteiger charge is 2.46. The molecule has 0 spiro atoms.